The predicted octanol–water partition coefficient (Wildman–Crippen LogP) is 2.43. The van der Waals surface area contributed by atoms with E-state index in [-0.39, 0.29) is 0 Å². The molecule has 3 rings (SSSR count). The van der Waals surface area contributed by atoms with Gasteiger partial charge in [-0.3, -0.25) is 0 Å². The molecule has 1 aliphatic rings. The van der Waals surface area contributed by atoms with Crippen molar-refractivity contribution in [2.24, 2.45) is 5.92 Å². The molecular formula is C13H18N4O. The van der Waals surface area contributed by atoms with Crippen LogP contribution in [0.5, 0.6) is 0 Å². The summed E-state index contributed by atoms with van der Waals surface area (Å²) in [6.45, 7) is 5.46. The van der Waals surface area contributed by atoms with Crippen molar-refractivity contribution >= 4 is 22.4 Å². The number of hydrogen-bond donors (Lipinski definition) is 1. The van der Waals surface area contributed by atoms with Gasteiger partial charge in [-0.1, -0.05) is 0 Å². The molecule has 1 fully saturated rings. The fraction of sp³-hybridized carbons (Fsp3) is 0.538. The Bertz CT molecular complexity index is 559. The van der Waals surface area contributed by atoms with Gasteiger partial charge in [-0.15, -0.1) is 0 Å². The third-order valence-corrected chi connectivity index (χ3v) is 3.51. The molecule has 5 heteroatoms. The largest absolute Gasteiger partial charge is 0.397 e. The van der Waals surface area contributed by atoms with Crippen molar-refractivity contribution in [2.45, 2.75) is 32.7 Å². The van der Waals surface area contributed by atoms with E-state index in [4.69, 9.17) is 10.4 Å². The summed E-state index contributed by atoms with van der Waals surface area (Å²) in [5.41, 5.74) is 8.99. The number of nitrogens with zero attached hydrogens (tertiary/aromatic N) is 3. The summed E-state index contributed by atoms with van der Waals surface area (Å²) in [4.78, 5) is 2.36. The average Bonchev–Trinajstić information content (AvgIpc) is 3.01. The second kappa shape index (κ2) is 4.15. The van der Waals surface area contributed by atoms with Crippen molar-refractivity contribution in [3.8, 4) is 0 Å². The van der Waals surface area contributed by atoms with E-state index in [1.165, 1.54) is 12.8 Å². The summed E-state index contributed by atoms with van der Waals surface area (Å²) in [5, 5.41) is 7.88. The summed E-state index contributed by atoms with van der Waals surface area (Å²) >= 11 is 0. The number of hydrogen-bond acceptors (Lipinski definition) is 5. The van der Waals surface area contributed by atoms with Crippen molar-refractivity contribution in [2.75, 3.05) is 17.2 Å². The first-order valence-electron chi connectivity index (χ1n) is 6.44. The molecule has 96 valence electrons. The Hall–Kier alpha value is -1.78. The second-order valence-electron chi connectivity index (χ2n) is 5.32. The van der Waals surface area contributed by atoms with E-state index in [9.17, 15) is 0 Å². The van der Waals surface area contributed by atoms with Crippen LogP contribution in [0.1, 0.15) is 26.7 Å². The molecule has 0 unspecified atom stereocenters. The Morgan fingerprint density at radius 2 is 2.06 bits per heavy atom. The van der Waals surface area contributed by atoms with E-state index in [1.807, 2.05) is 12.1 Å². The Balaban J connectivity index is 2.04. The molecule has 0 spiro atoms. The highest BCUT2D eigenvalue weighted by molar-refractivity contribution is 5.95. The normalized spacial score (nSPS) is 15.5. The first kappa shape index (κ1) is 11.3. The van der Waals surface area contributed by atoms with Crippen LogP contribution in [-0.4, -0.2) is 22.9 Å². The van der Waals surface area contributed by atoms with Crippen molar-refractivity contribution in [3.63, 3.8) is 0 Å². The lowest BCUT2D eigenvalue weighted by atomic mass is 10.1. The number of nitrogens with two attached hydrogens (primary N) is 1. The quantitative estimate of drug-likeness (QED) is 0.839. The van der Waals surface area contributed by atoms with Crippen LogP contribution in [0.3, 0.4) is 0 Å². The SMILES string of the molecule is CC(C)N(CC1CC1)c1ccc(N)c2nonc12. The summed E-state index contributed by atoms with van der Waals surface area (Å²) in [6, 6.07) is 4.32. The Kier molecular flexibility index (Phi) is 2.61. The van der Waals surface area contributed by atoms with Gasteiger partial charge in [-0.2, -0.15) is 0 Å². The molecule has 1 saturated carbocycles. The van der Waals surface area contributed by atoms with E-state index < -0.39 is 0 Å². The van der Waals surface area contributed by atoms with Crippen molar-refractivity contribution in [1.29, 1.82) is 0 Å². The number of nitrogen functional groups attached to an aromatic ring is 1. The van der Waals surface area contributed by atoms with Crippen LogP contribution in [0.2, 0.25) is 0 Å². The van der Waals surface area contributed by atoms with Gasteiger partial charge in [0.1, 0.15) is 0 Å². The zero-order valence-electron chi connectivity index (χ0n) is 10.8. The summed E-state index contributed by atoms with van der Waals surface area (Å²) in [7, 11) is 0. The number of fused-ring (bicyclic) bond motifs is 1. The first-order chi connectivity index (χ1) is 8.66. The van der Waals surface area contributed by atoms with Crippen LogP contribution in [0.25, 0.3) is 11.0 Å². The maximum absolute atomic E-state index is 5.88. The monoisotopic (exact) mass is 246 g/mol. The Morgan fingerprint density at radius 1 is 1.33 bits per heavy atom. The summed E-state index contributed by atoms with van der Waals surface area (Å²) in [5.74, 6) is 0.819. The fourth-order valence-electron chi connectivity index (χ4n) is 2.27. The Labute approximate surface area is 106 Å². The lowest BCUT2D eigenvalue weighted by Gasteiger charge is -2.29. The standard InChI is InChI=1S/C13H18N4O/c1-8(2)17(7-9-3-4-9)11-6-5-10(14)12-13(11)16-18-15-12/h5-6,8-9H,3-4,7,14H2,1-2H3. The first-order valence-corrected chi connectivity index (χ1v) is 6.44. The number of benzene rings is 1. The van der Waals surface area contributed by atoms with Crippen LogP contribution in [0, 0.1) is 5.92 Å². The third kappa shape index (κ3) is 1.89. The molecule has 1 aromatic carbocycles. The smallest absolute Gasteiger partial charge is 0.160 e. The fourth-order valence-corrected chi connectivity index (χ4v) is 2.27. The van der Waals surface area contributed by atoms with Crippen molar-refractivity contribution in [1.82, 2.24) is 10.3 Å². The number of aromatic nitrogens is 2. The molecule has 0 amide bonds. The van der Waals surface area contributed by atoms with Gasteiger partial charge < -0.3 is 10.6 Å². The maximum atomic E-state index is 5.88. The molecule has 1 heterocycles. The zero-order valence-corrected chi connectivity index (χ0v) is 10.8. The van der Waals surface area contributed by atoms with Gasteiger partial charge in [0.15, 0.2) is 11.0 Å². The van der Waals surface area contributed by atoms with E-state index in [2.05, 4.69) is 29.1 Å². The molecule has 0 bridgehead atoms. The topological polar surface area (TPSA) is 68.2 Å². The molecule has 0 atom stereocenters. The van der Waals surface area contributed by atoms with Crippen LogP contribution in [-0.2, 0) is 0 Å². The molecule has 18 heavy (non-hydrogen) atoms. The highest BCUT2D eigenvalue weighted by Crippen LogP contribution is 2.35. The lowest BCUT2D eigenvalue weighted by Crippen LogP contribution is -2.32. The molecule has 2 aromatic rings. The van der Waals surface area contributed by atoms with Crippen LogP contribution in [0.15, 0.2) is 16.8 Å². The van der Waals surface area contributed by atoms with Crippen molar-refractivity contribution < 1.29 is 4.63 Å². The van der Waals surface area contributed by atoms with Crippen LogP contribution < -0.4 is 10.6 Å². The van der Waals surface area contributed by atoms with Gasteiger partial charge >= 0.3 is 0 Å². The minimum Gasteiger partial charge on any atom is -0.397 e. The minimum absolute atomic E-state index is 0.425. The highest BCUT2D eigenvalue weighted by atomic mass is 16.6. The summed E-state index contributed by atoms with van der Waals surface area (Å²) < 4.78 is 4.83. The van der Waals surface area contributed by atoms with Gasteiger partial charge in [-0.25, -0.2) is 4.63 Å². The van der Waals surface area contributed by atoms with Gasteiger partial charge in [0.25, 0.3) is 0 Å². The van der Waals surface area contributed by atoms with Gasteiger partial charge in [0.05, 0.1) is 11.4 Å². The van der Waals surface area contributed by atoms with Crippen molar-refractivity contribution in [3.05, 3.63) is 12.1 Å². The second-order valence-corrected chi connectivity index (χ2v) is 5.32. The number of anilines is 2. The van der Waals surface area contributed by atoms with E-state index >= 15 is 0 Å². The molecule has 0 saturated heterocycles. The molecule has 5 nitrogen and oxygen atoms in total. The lowest BCUT2D eigenvalue weighted by molar-refractivity contribution is 0.315. The van der Waals surface area contributed by atoms with Gasteiger partial charge in [0.2, 0.25) is 0 Å². The average molecular weight is 246 g/mol. The molecule has 0 aliphatic heterocycles. The minimum atomic E-state index is 0.425. The number of rotatable bonds is 4. The molecule has 2 N–H and O–H groups in total. The van der Waals surface area contributed by atoms with E-state index in [0.29, 0.717) is 17.2 Å². The van der Waals surface area contributed by atoms with Crippen LogP contribution in [0.4, 0.5) is 11.4 Å². The molecular weight excluding hydrogens is 228 g/mol. The zero-order chi connectivity index (χ0) is 12.7. The summed E-state index contributed by atoms with van der Waals surface area (Å²) in [6.07, 6.45) is 2.66. The molecule has 1 aliphatic carbocycles. The predicted molar refractivity (Wildman–Crippen MR) is 71.4 cm³/mol. The van der Waals surface area contributed by atoms with E-state index in [1.54, 1.807) is 0 Å². The van der Waals surface area contributed by atoms with E-state index in [0.717, 1.165) is 23.7 Å². The Morgan fingerprint density at radius 3 is 2.72 bits per heavy atom. The van der Waals surface area contributed by atoms with Gasteiger partial charge in [-0.05, 0) is 55.1 Å². The maximum Gasteiger partial charge on any atom is 0.160 e. The third-order valence-electron chi connectivity index (χ3n) is 3.51. The van der Waals surface area contributed by atoms with Gasteiger partial charge in [0, 0.05) is 12.6 Å². The highest BCUT2D eigenvalue weighted by Gasteiger charge is 2.27. The molecule has 1 aromatic heterocycles. The molecule has 0 radical (unpaired) electrons. The van der Waals surface area contributed by atoms with Crippen LogP contribution >= 0.6 is 0 Å².